The monoisotopic (exact) mass is 298 g/mol. The van der Waals surface area contributed by atoms with Crippen LogP contribution in [-0.2, 0) is 9.53 Å². The number of ketones is 1. The van der Waals surface area contributed by atoms with Gasteiger partial charge in [-0.05, 0) is 31.9 Å². The van der Waals surface area contributed by atoms with Crippen molar-refractivity contribution in [3.63, 3.8) is 0 Å². The van der Waals surface area contributed by atoms with Crippen molar-refractivity contribution in [2.45, 2.75) is 25.6 Å². The molecule has 0 radical (unpaired) electrons. The summed E-state index contributed by atoms with van der Waals surface area (Å²) in [7, 11) is 0. The predicted molar refractivity (Wildman–Crippen MR) is 69.5 cm³/mol. The highest BCUT2D eigenvalue weighted by atomic mass is 79.9. The fourth-order valence-electron chi connectivity index (χ4n) is 1.60. The van der Waals surface area contributed by atoms with Gasteiger partial charge in [0, 0.05) is 0 Å². The molecule has 0 aliphatic rings. The van der Waals surface area contributed by atoms with Crippen LogP contribution < -0.4 is 0 Å². The largest absolute Gasteiger partial charge is 0.462 e. The van der Waals surface area contributed by atoms with E-state index in [9.17, 15) is 9.59 Å². The second kappa shape index (κ2) is 5.96. The Balaban J connectivity index is 3.26. The first-order valence-corrected chi connectivity index (χ1v) is 6.31. The molecule has 0 bridgehead atoms. The summed E-state index contributed by atoms with van der Waals surface area (Å²) in [4.78, 5) is 22.8. The highest BCUT2D eigenvalue weighted by molar-refractivity contribution is 9.09. The van der Waals surface area contributed by atoms with Crippen molar-refractivity contribution in [3.05, 3.63) is 34.9 Å². The molecule has 0 heterocycles. The molecule has 1 unspecified atom stereocenters. The lowest BCUT2D eigenvalue weighted by Gasteiger charge is -2.14. The quantitative estimate of drug-likeness (QED) is 0.633. The molecule has 17 heavy (non-hydrogen) atoms. The summed E-state index contributed by atoms with van der Waals surface area (Å²) >= 11 is 3.30. The fourth-order valence-corrected chi connectivity index (χ4v) is 1.98. The maximum atomic E-state index is 11.9. The zero-order valence-electron chi connectivity index (χ0n) is 10.1. The molecular formula is C13H15BrO3. The Morgan fingerprint density at radius 2 is 2.06 bits per heavy atom. The minimum atomic E-state index is -0.471. The number of halogens is 1. The van der Waals surface area contributed by atoms with Gasteiger partial charge in [-0.3, -0.25) is 4.79 Å². The third-order valence-corrected chi connectivity index (χ3v) is 3.55. The molecule has 4 heteroatoms. The lowest BCUT2D eigenvalue weighted by molar-refractivity contribution is -0.116. The summed E-state index contributed by atoms with van der Waals surface area (Å²) in [5, 5.41) is 0. The van der Waals surface area contributed by atoms with Crippen LogP contribution in [0.4, 0.5) is 0 Å². The Hall–Kier alpha value is -1.16. The van der Waals surface area contributed by atoms with Crippen molar-refractivity contribution in [1.82, 2.24) is 0 Å². The molecule has 0 spiro atoms. The molecule has 1 atom stereocenters. The van der Waals surface area contributed by atoms with Crippen molar-refractivity contribution >= 4 is 27.7 Å². The number of Topliss-reactive ketones (excluding diaryl/α,β-unsaturated/α-hetero) is 1. The molecule has 0 saturated carbocycles. The molecule has 0 fully saturated rings. The average Bonchev–Trinajstić information content (AvgIpc) is 2.27. The Morgan fingerprint density at radius 1 is 1.41 bits per heavy atom. The van der Waals surface area contributed by atoms with Crippen LogP contribution in [0.1, 0.15) is 40.2 Å². The molecule has 0 aromatic heterocycles. The van der Waals surface area contributed by atoms with Gasteiger partial charge in [0.1, 0.15) is 5.78 Å². The molecule has 0 aliphatic carbocycles. The van der Waals surface area contributed by atoms with Crippen molar-refractivity contribution in [1.29, 1.82) is 0 Å². The number of hydrogen-bond donors (Lipinski definition) is 0. The molecule has 0 saturated heterocycles. The molecular weight excluding hydrogens is 284 g/mol. The van der Waals surface area contributed by atoms with Gasteiger partial charge in [0.25, 0.3) is 0 Å². The first kappa shape index (κ1) is 13.9. The lowest BCUT2D eigenvalue weighted by atomic mass is 9.98. The zero-order valence-corrected chi connectivity index (χ0v) is 11.7. The number of aryl methyl sites for hydroxylation is 1. The average molecular weight is 299 g/mol. The summed E-state index contributed by atoms with van der Waals surface area (Å²) in [6, 6.07) is 5.42. The maximum Gasteiger partial charge on any atom is 0.338 e. The third kappa shape index (κ3) is 3.16. The highest BCUT2D eigenvalue weighted by Gasteiger charge is 2.22. The number of rotatable bonds is 4. The SMILES string of the molecule is CCOC(=O)c1c(C)cccc1C(Br)C(C)=O. The standard InChI is InChI=1S/C13H15BrO3/c1-4-17-13(16)11-8(2)6-5-7-10(11)12(14)9(3)15/h5-7,12H,4H2,1-3H3. The van der Waals surface area contributed by atoms with E-state index >= 15 is 0 Å². The summed E-state index contributed by atoms with van der Waals surface area (Å²) in [6.45, 7) is 5.39. The van der Waals surface area contributed by atoms with E-state index in [0.29, 0.717) is 17.7 Å². The van der Waals surface area contributed by atoms with Crippen molar-refractivity contribution in [2.75, 3.05) is 6.61 Å². The van der Waals surface area contributed by atoms with E-state index in [1.54, 1.807) is 13.0 Å². The number of ether oxygens (including phenoxy) is 1. The van der Waals surface area contributed by atoms with Crippen LogP contribution in [0.5, 0.6) is 0 Å². The maximum absolute atomic E-state index is 11.9. The minimum Gasteiger partial charge on any atom is -0.462 e. The molecule has 0 amide bonds. The third-order valence-electron chi connectivity index (χ3n) is 2.41. The van der Waals surface area contributed by atoms with Crippen LogP contribution in [0.15, 0.2) is 18.2 Å². The normalized spacial score (nSPS) is 12.0. The number of esters is 1. The van der Waals surface area contributed by atoms with Crippen LogP contribution in [-0.4, -0.2) is 18.4 Å². The van der Waals surface area contributed by atoms with E-state index in [1.807, 2.05) is 19.1 Å². The molecule has 1 aromatic carbocycles. The van der Waals surface area contributed by atoms with E-state index < -0.39 is 4.83 Å². The first-order chi connectivity index (χ1) is 7.99. The molecule has 3 nitrogen and oxygen atoms in total. The van der Waals surface area contributed by atoms with Gasteiger partial charge in [-0.25, -0.2) is 4.79 Å². The van der Waals surface area contributed by atoms with Crippen LogP contribution >= 0.6 is 15.9 Å². The topological polar surface area (TPSA) is 43.4 Å². The fraction of sp³-hybridized carbons (Fsp3) is 0.385. The highest BCUT2D eigenvalue weighted by Crippen LogP contribution is 2.29. The molecule has 0 N–H and O–H groups in total. The Kier molecular flexibility index (Phi) is 4.87. The van der Waals surface area contributed by atoms with E-state index in [1.165, 1.54) is 6.92 Å². The number of benzene rings is 1. The Morgan fingerprint density at radius 3 is 2.59 bits per heavy atom. The summed E-state index contributed by atoms with van der Waals surface area (Å²) in [5.74, 6) is -0.424. The summed E-state index contributed by atoms with van der Waals surface area (Å²) < 4.78 is 5.01. The van der Waals surface area contributed by atoms with Gasteiger partial charge in [0.2, 0.25) is 0 Å². The van der Waals surface area contributed by atoms with Crippen LogP contribution in [0, 0.1) is 6.92 Å². The van der Waals surface area contributed by atoms with E-state index in [2.05, 4.69) is 15.9 Å². The lowest BCUT2D eigenvalue weighted by Crippen LogP contribution is -2.13. The summed E-state index contributed by atoms with van der Waals surface area (Å²) in [5.41, 5.74) is 1.95. The molecule has 1 rings (SSSR count). The van der Waals surface area contributed by atoms with Gasteiger partial charge < -0.3 is 4.74 Å². The van der Waals surface area contributed by atoms with E-state index in [0.717, 1.165) is 5.56 Å². The Labute approximate surface area is 109 Å². The van der Waals surface area contributed by atoms with Gasteiger partial charge in [0.05, 0.1) is 17.0 Å². The van der Waals surface area contributed by atoms with Crippen LogP contribution in [0.3, 0.4) is 0 Å². The predicted octanol–water partition coefficient (Wildman–Crippen LogP) is 3.20. The Bertz CT molecular complexity index is 440. The van der Waals surface area contributed by atoms with Crippen LogP contribution in [0.2, 0.25) is 0 Å². The number of alkyl halides is 1. The van der Waals surface area contributed by atoms with Crippen molar-refractivity contribution < 1.29 is 14.3 Å². The summed E-state index contributed by atoms with van der Waals surface area (Å²) in [6.07, 6.45) is 0. The second-order valence-corrected chi connectivity index (χ2v) is 4.65. The van der Waals surface area contributed by atoms with Gasteiger partial charge in [-0.2, -0.15) is 0 Å². The first-order valence-electron chi connectivity index (χ1n) is 5.40. The smallest absolute Gasteiger partial charge is 0.338 e. The zero-order chi connectivity index (χ0) is 13.0. The van der Waals surface area contributed by atoms with Gasteiger partial charge in [0.15, 0.2) is 0 Å². The van der Waals surface area contributed by atoms with Crippen molar-refractivity contribution in [3.8, 4) is 0 Å². The number of carbonyl (C=O) groups excluding carboxylic acids is 2. The van der Waals surface area contributed by atoms with Crippen LogP contribution in [0.25, 0.3) is 0 Å². The second-order valence-electron chi connectivity index (χ2n) is 3.73. The number of carbonyl (C=O) groups is 2. The molecule has 92 valence electrons. The van der Waals surface area contributed by atoms with Gasteiger partial charge >= 0.3 is 5.97 Å². The minimum absolute atomic E-state index is 0.0406. The molecule has 0 aliphatic heterocycles. The van der Waals surface area contributed by atoms with Gasteiger partial charge in [-0.15, -0.1) is 0 Å². The van der Waals surface area contributed by atoms with Crippen molar-refractivity contribution in [2.24, 2.45) is 0 Å². The van der Waals surface area contributed by atoms with E-state index in [-0.39, 0.29) is 11.8 Å². The number of hydrogen-bond acceptors (Lipinski definition) is 3. The molecule has 1 aromatic rings. The van der Waals surface area contributed by atoms with E-state index in [4.69, 9.17) is 4.74 Å². The van der Waals surface area contributed by atoms with Gasteiger partial charge in [-0.1, -0.05) is 34.1 Å².